The normalized spacial score (nSPS) is 10.6. The number of hydrogen-bond donors (Lipinski definition) is 0. The Morgan fingerprint density at radius 1 is 1.21 bits per heavy atom. The van der Waals surface area contributed by atoms with E-state index in [1.165, 1.54) is 7.11 Å². The maximum Gasteiger partial charge on any atom is 0.338 e. The van der Waals surface area contributed by atoms with Crippen LogP contribution in [0.15, 0.2) is 45.3 Å². The number of halogens is 2. The molecule has 0 aliphatic rings. The topological polar surface area (TPSA) is 83.7 Å². The quantitative estimate of drug-likeness (QED) is 0.403. The molecule has 7 nitrogen and oxygen atoms in total. The van der Waals surface area contributed by atoms with E-state index in [1.54, 1.807) is 36.4 Å². The van der Waals surface area contributed by atoms with E-state index in [1.807, 2.05) is 6.92 Å². The molecule has 0 atom stereocenters. The lowest BCUT2D eigenvalue weighted by Gasteiger charge is -2.13. The number of benzene rings is 2. The van der Waals surface area contributed by atoms with E-state index in [-0.39, 0.29) is 12.5 Å². The van der Waals surface area contributed by atoms with Crippen LogP contribution in [-0.4, -0.2) is 29.9 Å². The fraction of sp³-hybridized carbons (Fsp3) is 0.250. The Hall–Kier alpha value is -2.58. The number of hydrogen-bond acceptors (Lipinski definition) is 7. The molecule has 0 bridgehead atoms. The number of carbonyl (C=O) groups is 1. The Balaban J connectivity index is 1.68. The van der Waals surface area contributed by atoms with E-state index < -0.39 is 5.97 Å². The van der Waals surface area contributed by atoms with Crippen molar-refractivity contribution in [3.8, 4) is 23.0 Å². The second-order valence-corrected chi connectivity index (χ2v) is 7.21. The minimum Gasteiger partial charge on any atom is -0.493 e. The first kappa shape index (κ1) is 21.1. The molecule has 1 heterocycles. The van der Waals surface area contributed by atoms with Gasteiger partial charge in [0.25, 0.3) is 5.89 Å². The second-order valence-electron chi connectivity index (χ2n) is 5.92. The number of esters is 1. The SMILES string of the molecule is CCCOc1c(Br)cc(C(=O)OCc2nnc(-c3ccc(Cl)cc3)o2)cc1OC. The lowest BCUT2D eigenvalue weighted by Crippen LogP contribution is -2.07. The van der Waals surface area contributed by atoms with Gasteiger partial charge in [0, 0.05) is 10.6 Å². The molecular formula is C20H18BrClN2O5. The van der Waals surface area contributed by atoms with Crippen molar-refractivity contribution >= 4 is 33.5 Å². The summed E-state index contributed by atoms with van der Waals surface area (Å²) in [6.45, 7) is 2.38. The first-order valence-electron chi connectivity index (χ1n) is 8.77. The van der Waals surface area contributed by atoms with Crippen LogP contribution in [0.2, 0.25) is 5.02 Å². The van der Waals surface area contributed by atoms with E-state index in [0.29, 0.717) is 39.1 Å². The van der Waals surface area contributed by atoms with E-state index in [4.69, 9.17) is 30.2 Å². The zero-order valence-corrected chi connectivity index (χ0v) is 18.1. The number of aromatic nitrogens is 2. The second kappa shape index (κ2) is 9.76. The minimum atomic E-state index is -0.558. The standard InChI is InChI=1S/C20H18BrClN2O5/c1-3-8-27-18-15(21)9-13(10-16(18)26-2)20(25)28-11-17-23-24-19(29-17)12-4-6-14(22)7-5-12/h4-7,9-10H,3,8,11H2,1-2H3. The summed E-state index contributed by atoms with van der Waals surface area (Å²) in [5.41, 5.74) is 1.02. The number of methoxy groups -OCH3 is 1. The summed E-state index contributed by atoms with van der Waals surface area (Å²) in [4.78, 5) is 12.4. The summed E-state index contributed by atoms with van der Waals surface area (Å²) in [5, 5.41) is 8.46. The highest BCUT2D eigenvalue weighted by Crippen LogP contribution is 2.37. The van der Waals surface area contributed by atoms with Crippen LogP contribution in [0.4, 0.5) is 0 Å². The highest BCUT2D eigenvalue weighted by atomic mass is 79.9. The van der Waals surface area contributed by atoms with Gasteiger partial charge in [-0.05, 0) is 58.7 Å². The highest BCUT2D eigenvalue weighted by molar-refractivity contribution is 9.10. The van der Waals surface area contributed by atoms with Crippen molar-refractivity contribution in [2.75, 3.05) is 13.7 Å². The molecule has 152 valence electrons. The van der Waals surface area contributed by atoms with Gasteiger partial charge in [-0.3, -0.25) is 0 Å². The Labute approximate surface area is 181 Å². The maximum absolute atomic E-state index is 12.4. The average Bonchev–Trinajstić information content (AvgIpc) is 3.20. The largest absolute Gasteiger partial charge is 0.493 e. The number of ether oxygens (including phenoxy) is 3. The summed E-state index contributed by atoms with van der Waals surface area (Å²) in [6, 6.07) is 10.1. The van der Waals surface area contributed by atoms with Gasteiger partial charge in [0.05, 0.1) is 23.8 Å². The molecule has 9 heteroatoms. The molecule has 0 amide bonds. The number of rotatable bonds is 8. The Morgan fingerprint density at radius 2 is 1.97 bits per heavy atom. The lowest BCUT2D eigenvalue weighted by atomic mass is 10.2. The van der Waals surface area contributed by atoms with Crippen LogP contribution in [0, 0.1) is 0 Å². The molecule has 0 spiro atoms. The van der Waals surface area contributed by atoms with Crippen molar-refractivity contribution in [1.29, 1.82) is 0 Å². The average molecular weight is 482 g/mol. The van der Waals surface area contributed by atoms with Crippen LogP contribution in [0.1, 0.15) is 29.6 Å². The van der Waals surface area contributed by atoms with Crippen LogP contribution in [-0.2, 0) is 11.3 Å². The third-order valence-corrected chi connectivity index (χ3v) is 4.64. The molecule has 0 unspecified atom stereocenters. The number of nitrogens with zero attached hydrogens (tertiary/aromatic N) is 2. The molecule has 0 N–H and O–H groups in total. The fourth-order valence-electron chi connectivity index (χ4n) is 2.41. The van der Waals surface area contributed by atoms with Crippen molar-refractivity contribution in [1.82, 2.24) is 10.2 Å². The van der Waals surface area contributed by atoms with Gasteiger partial charge in [-0.15, -0.1) is 10.2 Å². The van der Waals surface area contributed by atoms with Gasteiger partial charge >= 0.3 is 5.97 Å². The molecular weight excluding hydrogens is 464 g/mol. The highest BCUT2D eigenvalue weighted by Gasteiger charge is 2.18. The monoisotopic (exact) mass is 480 g/mol. The van der Waals surface area contributed by atoms with Crippen molar-refractivity contribution in [3.63, 3.8) is 0 Å². The molecule has 29 heavy (non-hydrogen) atoms. The third-order valence-electron chi connectivity index (χ3n) is 3.80. The smallest absolute Gasteiger partial charge is 0.338 e. The zero-order valence-electron chi connectivity index (χ0n) is 15.8. The third kappa shape index (κ3) is 5.27. The molecule has 3 aromatic rings. The summed E-state index contributed by atoms with van der Waals surface area (Å²) in [7, 11) is 1.51. The first-order chi connectivity index (χ1) is 14.0. The van der Waals surface area contributed by atoms with Crippen LogP contribution >= 0.6 is 27.5 Å². The molecule has 0 aliphatic carbocycles. The molecule has 2 aromatic carbocycles. The molecule has 0 saturated heterocycles. The fourth-order valence-corrected chi connectivity index (χ4v) is 3.10. The van der Waals surface area contributed by atoms with Crippen LogP contribution in [0.25, 0.3) is 11.5 Å². The molecule has 1 aromatic heterocycles. The van der Waals surface area contributed by atoms with E-state index in [9.17, 15) is 4.79 Å². The predicted octanol–water partition coefficient (Wildman–Crippen LogP) is 5.31. The summed E-state index contributed by atoms with van der Waals surface area (Å²) < 4.78 is 22.4. The zero-order chi connectivity index (χ0) is 20.8. The number of carbonyl (C=O) groups excluding carboxylic acids is 1. The van der Waals surface area contributed by atoms with Crippen molar-refractivity contribution in [2.24, 2.45) is 0 Å². The Bertz CT molecular complexity index is 991. The molecule has 0 aliphatic heterocycles. The maximum atomic E-state index is 12.4. The van der Waals surface area contributed by atoms with E-state index in [2.05, 4.69) is 26.1 Å². The Morgan fingerprint density at radius 3 is 2.66 bits per heavy atom. The van der Waals surface area contributed by atoms with Gasteiger partial charge in [0.15, 0.2) is 18.1 Å². The van der Waals surface area contributed by atoms with Gasteiger partial charge in [0.1, 0.15) is 0 Å². The van der Waals surface area contributed by atoms with Gasteiger partial charge in [-0.25, -0.2) is 4.79 Å². The summed E-state index contributed by atoms with van der Waals surface area (Å²) in [6.07, 6.45) is 0.849. The van der Waals surface area contributed by atoms with Gasteiger partial charge in [-0.2, -0.15) is 0 Å². The van der Waals surface area contributed by atoms with Crippen molar-refractivity contribution in [3.05, 3.63) is 57.3 Å². The van der Waals surface area contributed by atoms with E-state index in [0.717, 1.165) is 12.0 Å². The van der Waals surface area contributed by atoms with Crippen LogP contribution in [0.3, 0.4) is 0 Å². The van der Waals surface area contributed by atoms with Gasteiger partial charge in [-0.1, -0.05) is 18.5 Å². The van der Waals surface area contributed by atoms with Gasteiger partial charge < -0.3 is 18.6 Å². The van der Waals surface area contributed by atoms with Crippen LogP contribution in [0.5, 0.6) is 11.5 Å². The van der Waals surface area contributed by atoms with Crippen molar-refractivity contribution in [2.45, 2.75) is 20.0 Å². The molecule has 0 radical (unpaired) electrons. The molecule has 3 rings (SSSR count). The predicted molar refractivity (Wildman–Crippen MR) is 110 cm³/mol. The van der Waals surface area contributed by atoms with E-state index >= 15 is 0 Å². The Kier molecular flexibility index (Phi) is 7.11. The summed E-state index contributed by atoms with van der Waals surface area (Å²) >= 11 is 9.27. The molecule has 0 fully saturated rings. The van der Waals surface area contributed by atoms with Crippen molar-refractivity contribution < 1.29 is 23.4 Å². The van der Waals surface area contributed by atoms with Gasteiger partial charge in [0.2, 0.25) is 5.89 Å². The lowest BCUT2D eigenvalue weighted by molar-refractivity contribution is 0.0438. The summed E-state index contributed by atoms with van der Waals surface area (Å²) in [5.74, 6) is 0.905. The molecule has 0 saturated carbocycles. The van der Waals surface area contributed by atoms with Crippen LogP contribution < -0.4 is 9.47 Å². The minimum absolute atomic E-state index is 0.159. The first-order valence-corrected chi connectivity index (χ1v) is 9.94.